The summed E-state index contributed by atoms with van der Waals surface area (Å²) in [6, 6.07) is 14.2. The lowest BCUT2D eigenvalue weighted by Crippen LogP contribution is -2.50. The van der Waals surface area contributed by atoms with Gasteiger partial charge in [-0.1, -0.05) is 24.3 Å². The zero-order valence-electron chi connectivity index (χ0n) is 23.4. The van der Waals surface area contributed by atoms with E-state index in [1.54, 1.807) is 12.0 Å². The van der Waals surface area contributed by atoms with Gasteiger partial charge in [0, 0.05) is 63.5 Å². The van der Waals surface area contributed by atoms with Gasteiger partial charge in [0.2, 0.25) is 0 Å². The fourth-order valence-electron chi connectivity index (χ4n) is 7.15. The van der Waals surface area contributed by atoms with Gasteiger partial charge in [-0.3, -0.25) is 9.59 Å². The molecule has 2 fully saturated rings. The Labute approximate surface area is 243 Å². The molecule has 8 nitrogen and oxygen atoms in total. The number of aliphatic hydroxyl groups is 1. The Morgan fingerprint density at radius 1 is 1.07 bits per heavy atom. The molecule has 40 heavy (non-hydrogen) atoms. The largest absolute Gasteiger partial charge is 0.390 e. The third-order valence-corrected chi connectivity index (χ3v) is 9.37. The summed E-state index contributed by atoms with van der Waals surface area (Å²) in [6.45, 7) is 4.99. The second-order valence-electron chi connectivity index (χ2n) is 11.5. The van der Waals surface area contributed by atoms with Gasteiger partial charge < -0.3 is 29.9 Å². The first kappa shape index (κ1) is 28.9. The zero-order valence-corrected chi connectivity index (χ0v) is 24.2. The second-order valence-corrected chi connectivity index (χ2v) is 11.5. The van der Waals surface area contributed by atoms with Crippen LogP contribution in [0.4, 0.5) is 5.69 Å². The summed E-state index contributed by atoms with van der Waals surface area (Å²) in [5, 5.41) is 14.6. The van der Waals surface area contributed by atoms with Crippen LogP contribution in [0.3, 0.4) is 0 Å². The first-order chi connectivity index (χ1) is 19.0. The highest BCUT2D eigenvalue weighted by Gasteiger charge is 2.44. The van der Waals surface area contributed by atoms with E-state index in [1.165, 1.54) is 11.1 Å². The van der Waals surface area contributed by atoms with Crippen LogP contribution in [0.2, 0.25) is 0 Å². The van der Waals surface area contributed by atoms with Crippen LogP contribution in [-0.4, -0.2) is 90.3 Å². The number of nitrogens with zero attached hydrogens (tertiary/aromatic N) is 3. The van der Waals surface area contributed by atoms with Crippen molar-refractivity contribution in [1.29, 1.82) is 0 Å². The Bertz CT molecular complexity index is 1230. The highest BCUT2D eigenvalue weighted by Crippen LogP contribution is 2.38. The molecule has 0 aromatic heterocycles. The fraction of sp³-hybridized carbons (Fsp3) is 0.548. The number of carbonyl (C=O) groups excluding carboxylic acids is 2. The summed E-state index contributed by atoms with van der Waals surface area (Å²) in [5.74, 6) is -0.0280. The van der Waals surface area contributed by atoms with Crippen molar-refractivity contribution in [2.75, 3.05) is 38.2 Å². The molecule has 4 unspecified atom stereocenters. The second kappa shape index (κ2) is 12.1. The number of nitrogens with one attached hydrogen (secondary N) is 1. The Morgan fingerprint density at radius 3 is 2.48 bits per heavy atom. The van der Waals surface area contributed by atoms with Gasteiger partial charge in [-0.15, -0.1) is 12.4 Å². The molecule has 2 bridgehead atoms. The molecule has 0 saturated carbocycles. The van der Waals surface area contributed by atoms with E-state index in [9.17, 15) is 14.7 Å². The summed E-state index contributed by atoms with van der Waals surface area (Å²) in [5.41, 5.74) is 4.57. The Hall–Kier alpha value is -2.65. The number of carbonyl (C=O) groups is 2. The highest BCUT2D eigenvalue weighted by molar-refractivity contribution is 6.03. The number of anilines is 1. The summed E-state index contributed by atoms with van der Waals surface area (Å²) < 4.78 is 5.62. The van der Waals surface area contributed by atoms with E-state index in [2.05, 4.69) is 34.2 Å². The van der Waals surface area contributed by atoms with E-state index in [1.807, 2.05) is 30.3 Å². The molecular weight excluding hydrogens is 528 g/mol. The van der Waals surface area contributed by atoms with Crippen LogP contribution in [0.1, 0.15) is 64.4 Å². The van der Waals surface area contributed by atoms with Crippen LogP contribution >= 0.6 is 12.4 Å². The van der Waals surface area contributed by atoms with Crippen LogP contribution in [-0.2, 0) is 17.7 Å². The predicted molar refractivity (Wildman–Crippen MR) is 157 cm³/mol. The molecule has 2 amide bonds. The van der Waals surface area contributed by atoms with Crippen molar-refractivity contribution in [2.45, 2.75) is 75.9 Å². The minimum Gasteiger partial charge on any atom is -0.390 e. The maximum Gasteiger partial charge on any atom is 0.256 e. The average molecular weight is 569 g/mol. The lowest BCUT2D eigenvalue weighted by atomic mass is 9.92. The standard InChI is InChI=1S/C31H40N4O4.ClH/c1-3-33-12-13-34(19-29(36)27-14-20-6-4-5-7-22(20)18-32-27)31(38)26-11-8-21(15-28(26)33)30(37)35-23-9-10-24(35)17-25(16-23)39-2;/h4-8,11,15,23-25,27,29,32,36H,3,9-10,12-14,16-19H2,1-2H3;1H. The number of amides is 2. The van der Waals surface area contributed by atoms with Gasteiger partial charge >= 0.3 is 0 Å². The maximum absolute atomic E-state index is 13.7. The molecular formula is C31H41ClN4O4. The van der Waals surface area contributed by atoms with Gasteiger partial charge in [0.05, 0.1) is 23.5 Å². The number of aliphatic hydroxyl groups excluding tert-OH is 1. The number of piperidine rings is 1. The summed E-state index contributed by atoms with van der Waals surface area (Å²) in [6.07, 6.45) is 4.13. The number of ether oxygens (including phenoxy) is 1. The number of halogens is 1. The number of rotatable bonds is 6. The third-order valence-electron chi connectivity index (χ3n) is 9.37. The van der Waals surface area contributed by atoms with Crippen LogP contribution in [0.15, 0.2) is 42.5 Å². The lowest BCUT2D eigenvalue weighted by Gasteiger charge is -2.38. The summed E-state index contributed by atoms with van der Waals surface area (Å²) >= 11 is 0. The normalized spacial score (nSPS) is 26.5. The van der Waals surface area contributed by atoms with Crippen LogP contribution in [0.25, 0.3) is 0 Å². The molecule has 0 aliphatic carbocycles. The van der Waals surface area contributed by atoms with Crippen LogP contribution in [0.5, 0.6) is 0 Å². The predicted octanol–water partition coefficient (Wildman–Crippen LogP) is 3.25. The minimum absolute atomic E-state index is 0. The molecule has 9 heteroatoms. The number of β-amino-alcohol motifs (C(OH)–C–C–N with tert-alkyl or cyclic N) is 1. The van der Waals surface area contributed by atoms with Gasteiger partial charge in [-0.05, 0) is 68.4 Å². The summed E-state index contributed by atoms with van der Waals surface area (Å²) in [4.78, 5) is 33.5. The van der Waals surface area contributed by atoms with E-state index in [4.69, 9.17) is 4.74 Å². The first-order valence-electron chi connectivity index (χ1n) is 14.5. The molecule has 0 spiro atoms. The Balaban J connectivity index is 0.00000323. The molecule has 2 aromatic rings. The highest BCUT2D eigenvalue weighted by atomic mass is 35.5. The first-order valence-corrected chi connectivity index (χ1v) is 14.5. The molecule has 2 saturated heterocycles. The maximum atomic E-state index is 13.7. The number of methoxy groups -OCH3 is 1. The zero-order chi connectivity index (χ0) is 27.1. The van der Waals surface area contributed by atoms with Gasteiger partial charge in [0.25, 0.3) is 11.8 Å². The van der Waals surface area contributed by atoms with Crippen molar-refractivity contribution in [3.05, 3.63) is 64.7 Å². The van der Waals surface area contributed by atoms with Crippen molar-refractivity contribution >= 4 is 29.9 Å². The molecule has 2 aromatic carbocycles. The summed E-state index contributed by atoms with van der Waals surface area (Å²) in [7, 11) is 1.76. The average Bonchev–Trinajstić information content (AvgIpc) is 3.16. The van der Waals surface area contributed by atoms with Gasteiger partial charge in [-0.25, -0.2) is 0 Å². The van der Waals surface area contributed by atoms with E-state index in [0.29, 0.717) is 24.2 Å². The van der Waals surface area contributed by atoms with E-state index in [-0.39, 0.29) is 55.0 Å². The van der Waals surface area contributed by atoms with Crippen molar-refractivity contribution < 1.29 is 19.4 Å². The molecule has 216 valence electrons. The molecule has 0 radical (unpaired) electrons. The van der Waals surface area contributed by atoms with E-state index >= 15 is 0 Å². The SMILES string of the molecule is CCN1CCN(CC(O)C2Cc3ccccc3CN2)C(=O)c2ccc(C(=O)N3C4CCC3CC(OC)C4)cc21.Cl. The number of benzene rings is 2. The smallest absolute Gasteiger partial charge is 0.256 e. The molecule has 4 aliphatic heterocycles. The lowest BCUT2D eigenvalue weighted by molar-refractivity contribution is 0.00821. The van der Waals surface area contributed by atoms with Gasteiger partial charge in [0.15, 0.2) is 0 Å². The third kappa shape index (κ3) is 5.34. The van der Waals surface area contributed by atoms with Crippen LogP contribution in [0, 0.1) is 0 Å². The Morgan fingerprint density at radius 2 is 1.77 bits per heavy atom. The molecule has 4 heterocycles. The molecule has 4 aliphatic rings. The number of fused-ring (bicyclic) bond motifs is 4. The monoisotopic (exact) mass is 568 g/mol. The Kier molecular flexibility index (Phi) is 8.71. The minimum atomic E-state index is -0.676. The number of hydrogen-bond donors (Lipinski definition) is 2. The van der Waals surface area contributed by atoms with Gasteiger partial charge in [-0.2, -0.15) is 0 Å². The molecule has 4 atom stereocenters. The van der Waals surface area contributed by atoms with Crippen molar-refractivity contribution in [1.82, 2.24) is 15.1 Å². The molecule has 6 rings (SSSR count). The van der Waals surface area contributed by atoms with Crippen molar-refractivity contribution in [3.8, 4) is 0 Å². The van der Waals surface area contributed by atoms with E-state index in [0.717, 1.165) is 50.9 Å². The number of hydrogen-bond acceptors (Lipinski definition) is 6. The van der Waals surface area contributed by atoms with Crippen molar-refractivity contribution in [2.24, 2.45) is 0 Å². The number of likely N-dealkylation sites (N-methyl/N-ethyl adjacent to an activating group) is 1. The van der Waals surface area contributed by atoms with E-state index < -0.39 is 6.10 Å². The van der Waals surface area contributed by atoms with Crippen LogP contribution < -0.4 is 10.2 Å². The van der Waals surface area contributed by atoms with Gasteiger partial charge in [0.1, 0.15) is 0 Å². The topological polar surface area (TPSA) is 85.3 Å². The fourth-order valence-corrected chi connectivity index (χ4v) is 7.15. The molecule has 2 N–H and O–H groups in total. The van der Waals surface area contributed by atoms with Crippen molar-refractivity contribution in [3.63, 3.8) is 0 Å². The quantitative estimate of drug-likeness (QED) is 0.556.